The van der Waals surface area contributed by atoms with Gasteiger partial charge in [0.15, 0.2) is 5.78 Å². The monoisotopic (exact) mass is 355 g/mol. The van der Waals surface area contributed by atoms with Crippen LogP contribution in [-0.4, -0.2) is 30.3 Å². The fourth-order valence-corrected chi connectivity index (χ4v) is 2.87. The van der Waals surface area contributed by atoms with Crippen LogP contribution in [0.15, 0.2) is 48.5 Å². The summed E-state index contributed by atoms with van der Waals surface area (Å²) in [6.07, 6.45) is 0.136. The molecule has 7 heteroatoms. The van der Waals surface area contributed by atoms with Crippen LogP contribution in [0.25, 0.3) is 0 Å². The minimum atomic E-state index is -0.468. The Morgan fingerprint density at radius 2 is 1.92 bits per heavy atom. The first-order valence-corrected chi connectivity index (χ1v) is 8.17. The molecule has 1 saturated heterocycles. The number of carbonyl (C=O) groups excluding carboxylic acids is 3. The van der Waals surface area contributed by atoms with Crippen LogP contribution in [0, 0.1) is 5.82 Å². The lowest BCUT2D eigenvalue weighted by molar-refractivity contribution is -0.117. The Bertz CT molecular complexity index is 869. The van der Waals surface area contributed by atoms with Gasteiger partial charge in [-0.05, 0) is 37.3 Å². The largest absolute Gasteiger partial charge is 0.333 e. The number of halogens is 1. The zero-order chi connectivity index (χ0) is 18.7. The lowest BCUT2D eigenvalue weighted by Gasteiger charge is -2.17. The highest BCUT2D eigenvalue weighted by Gasteiger charge is 2.31. The van der Waals surface area contributed by atoms with Gasteiger partial charge in [-0.15, -0.1) is 0 Å². The fraction of sp³-hybridized carbons (Fsp3) is 0.211. The molecule has 0 aromatic heterocycles. The summed E-state index contributed by atoms with van der Waals surface area (Å²) in [7, 11) is 0. The first kappa shape index (κ1) is 17.6. The van der Waals surface area contributed by atoms with Gasteiger partial charge in [-0.2, -0.15) is 0 Å². The lowest BCUT2D eigenvalue weighted by Crippen LogP contribution is -2.39. The number of rotatable bonds is 4. The molecule has 1 heterocycles. The van der Waals surface area contributed by atoms with E-state index in [1.807, 2.05) is 0 Å². The van der Waals surface area contributed by atoms with E-state index in [1.54, 1.807) is 30.3 Å². The van der Waals surface area contributed by atoms with E-state index in [9.17, 15) is 18.8 Å². The summed E-state index contributed by atoms with van der Waals surface area (Å²) in [6, 6.07) is 11.5. The van der Waals surface area contributed by atoms with Gasteiger partial charge in [-0.3, -0.25) is 9.59 Å². The van der Waals surface area contributed by atoms with Crippen molar-refractivity contribution in [2.45, 2.75) is 19.4 Å². The third kappa shape index (κ3) is 4.05. The predicted octanol–water partition coefficient (Wildman–Crippen LogP) is 2.96. The van der Waals surface area contributed by atoms with Crippen LogP contribution in [0.4, 0.5) is 20.6 Å². The van der Waals surface area contributed by atoms with Crippen molar-refractivity contribution in [1.82, 2.24) is 5.32 Å². The molecule has 0 saturated carbocycles. The number of hydrogen-bond donors (Lipinski definition) is 2. The van der Waals surface area contributed by atoms with Crippen LogP contribution in [0.1, 0.15) is 23.7 Å². The predicted molar refractivity (Wildman–Crippen MR) is 95.8 cm³/mol. The van der Waals surface area contributed by atoms with Crippen LogP contribution in [0.3, 0.4) is 0 Å². The summed E-state index contributed by atoms with van der Waals surface area (Å²) in [5.41, 5.74) is 1.45. The van der Waals surface area contributed by atoms with Crippen molar-refractivity contribution < 1.29 is 18.8 Å². The van der Waals surface area contributed by atoms with Gasteiger partial charge in [0, 0.05) is 29.9 Å². The van der Waals surface area contributed by atoms with Crippen LogP contribution < -0.4 is 15.5 Å². The Labute approximate surface area is 150 Å². The number of anilines is 2. The maximum atomic E-state index is 13.3. The SMILES string of the molecule is CC(=O)c1cccc(NC(=O)N[C@@H]2CC(=O)N(c3cccc(F)c3)C2)c1. The van der Waals surface area contributed by atoms with E-state index in [0.717, 1.165) is 0 Å². The molecule has 3 amide bonds. The van der Waals surface area contributed by atoms with E-state index in [1.165, 1.54) is 30.0 Å². The van der Waals surface area contributed by atoms with Gasteiger partial charge < -0.3 is 15.5 Å². The molecule has 0 unspecified atom stereocenters. The molecule has 2 N–H and O–H groups in total. The quantitative estimate of drug-likeness (QED) is 0.828. The number of carbonyl (C=O) groups is 3. The topological polar surface area (TPSA) is 78.5 Å². The number of hydrogen-bond acceptors (Lipinski definition) is 3. The Morgan fingerprint density at radius 3 is 2.65 bits per heavy atom. The highest BCUT2D eigenvalue weighted by atomic mass is 19.1. The van der Waals surface area contributed by atoms with E-state index in [-0.39, 0.29) is 30.7 Å². The van der Waals surface area contributed by atoms with Crippen molar-refractivity contribution in [3.63, 3.8) is 0 Å². The highest BCUT2D eigenvalue weighted by Crippen LogP contribution is 2.22. The molecule has 26 heavy (non-hydrogen) atoms. The zero-order valence-corrected chi connectivity index (χ0v) is 14.2. The summed E-state index contributed by atoms with van der Waals surface area (Å²) >= 11 is 0. The van der Waals surface area contributed by atoms with Gasteiger partial charge in [0.25, 0.3) is 0 Å². The Kier molecular flexibility index (Phi) is 4.97. The number of benzene rings is 2. The number of amides is 3. The van der Waals surface area contributed by atoms with Crippen molar-refractivity contribution in [2.75, 3.05) is 16.8 Å². The van der Waals surface area contributed by atoms with E-state index in [0.29, 0.717) is 16.9 Å². The summed E-state index contributed by atoms with van der Waals surface area (Å²) in [4.78, 5) is 37.2. The molecule has 0 radical (unpaired) electrons. The Hall–Kier alpha value is -3.22. The molecule has 2 aromatic rings. The number of nitrogens with one attached hydrogen (secondary N) is 2. The Balaban J connectivity index is 1.61. The summed E-state index contributed by atoms with van der Waals surface area (Å²) < 4.78 is 13.3. The number of Topliss-reactive ketones (excluding diaryl/α,β-unsaturated/α-hetero) is 1. The van der Waals surface area contributed by atoms with Crippen molar-refractivity contribution in [1.29, 1.82) is 0 Å². The average Bonchev–Trinajstić information content (AvgIpc) is 2.95. The maximum absolute atomic E-state index is 13.3. The first-order chi connectivity index (χ1) is 12.4. The summed E-state index contributed by atoms with van der Waals surface area (Å²) in [5.74, 6) is -0.699. The van der Waals surface area contributed by atoms with Crippen molar-refractivity contribution in [3.05, 3.63) is 59.9 Å². The number of nitrogens with zero attached hydrogens (tertiary/aromatic N) is 1. The molecule has 0 bridgehead atoms. The summed E-state index contributed by atoms with van der Waals surface area (Å²) in [6.45, 7) is 1.72. The molecule has 1 aliphatic rings. The van der Waals surface area contributed by atoms with Crippen LogP contribution in [-0.2, 0) is 4.79 Å². The molecule has 134 valence electrons. The molecule has 0 aliphatic carbocycles. The third-order valence-electron chi connectivity index (χ3n) is 4.11. The third-order valence-corrected chi connectivity index (χ3v) is 4.11. The molecule has 1 fully saturated rings. The van der Waals surface area contributed by atoms with Crippen molar-refractivity contribution in [3.8, 4) is 0 Å². The number of urea groups is 1. The van der Waals surface area contributed by atoms with E-state index in [2.05, 4.69) is 10.6 Å². The average molecular weight is 355 g/mol. The fourth-order valence-electron chi connectivity index (χ4n) is 2.87. The van der Waals surface area contributed by atoms with Gasteiger partial charge >= 0.3 is 6.03 Å². The second-order valence-corrected chi connectivity index (χ2v) is 6.12. The van der Waals surface area contributed by atoms with Gasteiger partial charge in [0.1, 0.15) is 5.82 Å². The van der Waals surface area contributed by atoms with Crippen LogP contribution in [0.5, 0.6) is 0 Å². The van der Waals surface area contributed by atoms with Crippen LogP contribution >= 0.6 is 0 Å². The minimum absolute atomic E-state index is 0.0961. The molecule has 3 rings (SSSR count). The first-order valence-electron chi connectivity index (χ1n) is 8.17. The number of ketones is 1. The normalized spacial score (nSPS) is 16.5. The molecule has 6 nitrogen and oxygen atoms in total. The summed E-state index contributed by atoms with van der Waals surface area (Å²) in [5, 5.41) is 5.38. The van der Waals surface area contributed by atoms with Gasteiger partial charge in [-0.1, -0.05) is 18.2 Å². The second kappa shape index (κ2) is 7.35. The smallest absolute Gasteiger partial charge is 0.319 e. The van der Waals surface area contributed by atoms with E-state index >= 15 is 0 Å². The molecule has 1 aliphatic heterocycles. The Morgan fingerprint density at radius 1 is 1.15 bits per heavy atom. The van der Waals surface area contributed by atoms with E-state index in [4.69, 9.17) is 0 Å². The molecule has 2 aromatic carbocycles. The highest BCUT2D eigenvalue weighted by molar-refractivity contribution is 5.98. The standard InChI is InChI=1S/C19H18FN3O3/c1-12(24)13-4-2-6-15(8-13)21-19(26)22-16-10-18(25)23(11-16)17-7-3-5-14(20)9-17/h2-9,16H,10-11H2,1H3,(H2,21,22,26)/t16-/m1/s1. The molecular weight excluding hydrogens is 337 g/mol. The van der Waals surface area contributed by atoms with Gasteiger partial charge in [-0.25, -0.2) is 9.18 Å². The molecule has 1 atom stereocenters. The van der Waals surface area contributed by atoms with Gasteiger partial charge in [0.05, 0.1) is 6.04 Å². The second-order valence-electron chi connectivity index (χ2n) is 6.12. The van der Waals surface area contributed by atoms with Crippen molar-refractivity contribution in [2.24, 2.45) is 0 Å². The van der Waals surface area contributed by atoms with E-state index < -0.39 is 11.8 Å². The van der Waals surface area contributed by atoms with Crippen molar-refractivity contribution >= 4 is 29.1 Å². The maximum Gasteiger partial charge on any atom is 0.319 e. The molecular formula is C19H18FN3O3. The lowest BCUT2D eigenvalue weighted by atomic mass is 10.1. The molecule has 0 spiro atoms. The van der Waals surface area contributed by atoms with Gasteiger partial charge in [0.2, 0.25) is 5.91 Å². The minimum Gasteiger partial charge on any atom is -0.333 e. The zero-order valence-electron chi connectivity index (χ0n) is 14.2. The van der Waals surface area contributed by atoms with Crippen LogP contribution in [0.2, 0.25) is 0 Å².